The zero-order valence-corrected chi connectivity index (χ0v) is 17.0. The summed E-state index contributed by atoms with van der Waals surface area (Å²) in [6, 6.07) is 8.64. The van der Waals surface area contributed by atoms with Gasteiger partial charge in [0.2, 0.25) is 5.78 Å². The van der Waals surface area contributed by atoms with Crippen LogP contribution in [0.1, 0.15) is 52.1 Å². The highest BCUT2D eigenvalue weighted by Crippen LogP contribution is 2.36. The van der Waals surface area contributed by atoms with Gasteiger partial charge in [-0.15, -0.1) is 0 Å². The number of benzene rings is 2. The van der Waals surface area contributed by atoms with Gasteiger partial charge in [-0.25, -0.2) is 4.79 Å². The first-order valence-corrected chi connectivity index (χ1v) is 9.69. The first-order chi connectivity index (χ1) is 13.4. The van der Waals surface area contributed by atoms with Crippen molar-refractivity contribution in [1.82, 2.24) is 0 Å². The third-order valence-corrected chi connectivity index (χ3v) is 5.07. The minimum atomic E-state index is -0.914. The maximum atomic E-state index is 12.7. The summed E-state index contributed by atoms with van der Waals surface area (Å²) in [4.78, 5) is 25.2. The molecule has 28 heavy (non-hydrogen) atoms. The van der Waals surface area contributed by atoms with Crippen LogP contribution in [0.2, 0.25) is 5.02 Å². The van der Waals surface area contributed by atoms with Gasteiger partial charge in [-0.3, -0.25) is 4.79 Å². The van der Waals surface area contributed by atoms with E-state index in [9.17, 15) is 9.59 Å². The average Bonchev–Trinajstić information content (AvgIpc) is 3.16. The number of ether oxygens (including phenoxy) is 3. The number of fused-ring (bicyclic) bond motifs is 1. The van der Waals surface area contributed by atoms with E-state index in [1.54, 1.807) is 13.0 Å². The molecule has 0 aliphatic heterocycles. The number of ketones is 1. The second-order valence-electron chi connectivity index (χ2n) is 6.67. The number of methoxy groups -OCH3 is 1. The van der Waals surface area contributed by atoms with Crippen molar-refractivity contribution in [2.24, 2.45) is 0 Å². The van der Waals surface area contributed by atoms with Crippen LogP contribution >= 0.6 is 11.6 Å². The van der Waals surface area contributed by atoms with Crippen LogP contribution in [0, 0.1) is 0 Å². The standard InChI is InChI=1S/C22H23ClO5/c1-4-27-21-18(23)11-17(12-19(21)26-3)22(25)28-13(2)20(24)16-9-8-14-6-5-7-15(14)10-16/h8-13H,4-7H2,1-3H3/t13-/m0/s1. The molecule has 0 saturated heterocycles. The second-order valence-corrected chi connectivity index (χ2v) is 7.08. The number of hydrogen-bond donors (Lipinski definition) is 0. The van der Waals surface area contributed by atoms with Crippen molar-refractivity contribution < 1.29 is 23.8 Å². The number of carbonyl (C=O) groups excluding carboxylic acids is 2. The number of rotatable bonds is 7. The topological polar surface area (TPSA) is 61.8 Å². The van der Waals surface area contributed by atoms with E-state index in [0.717, 1.165) is 19.3 Å². The van der Waals surface area contributed by atoms with Crippen molar-refractivity contribution in [2.75, 3.05) is 13.7 Å². The Kier molecular flexibility index (Phi) is 6.25. The summed E-state index contributed by atoms with van der Waals surface area (Å²) < 4.78 is 16.1. The Hall–Kier alpha value is -2.53. The Morgan fingerprint density at radius 1 is 1.11 bits per heavy atom. The summed E-state index contributed by atoms with van der Waals surface area (Å²) in [5.41, 5.74) is 3.24. The van der Waals surface area contributed by atoms with E-state index in [-0.39, 0.29) is 16.4 Å². The molecule has 0 bridgehead atoms. The molecule has 2 aromatic carbocycles. The van der Waals surface area contributed by atoms with E-state index in [0.29, 0.717) is 23.7 Å². The first kappa shape index (κ1) is 20.2. The third-order valence-electron chi connectivity index (χ3n) is 4.79. The average molecular weight is 403 g/mol. The molecular formula is C22H23ClO5. The highest BCUT2D eigenvalue weighted by atomic mass is 35.5. The smallest absolute Gasteiger partial charge is 0.339 e. The second kappa shape index (κ2) is 8.65. The fraction of sp³-hybridized carbons (Fsp3) is 0.364. The summed E-state index contributed by atoms with van der Waals surface area (Å²) >= 11 is 6.21. The molecule has 0 amide bonds. The summed E-state index contributed by atoms with van der Waals surface area (Å²) in [5.74, 6) is -0.179. The zero-order valence-electron chi connectivity index (χ0n) is 16.2. The largest absolute Gasteiger partial charge is 0.493 e. The van der Waals surface area contributed by atoms with Crippen molar-refractivity contribution in [3.63, 3.8) is 0 Å². The van der Waals surface area contributed by atoms with Crippen molar-refractivity contribution >= 4 is 23.4 Å². The van der Waals surface area contributed by atoms with Crippen LogP contribution in [-0.2, 0) is 17.6 Å². The molecule has 6 heteroatoms. The first-order valence-electron chi connectivity index (χ1n) is 9.32. The van der Waals surface area contributed by atoms with Crippen LogP contribution in [0.3, 0.4) is 0 Å². The van der Waals surface area contributed by atoms with E-state index < -0.39 is 12.1 Å². The highest BCUT2D eigenvalue weighted by Gasteiger charge is 2.24. The molecule has 0 fully saturated rings. The van der Waals surface area contributed by atoms with Crippen molar-refractivity contribution in [2.45, 2.75) is 39.2 Å². The lowest BCUT2D eigenvalue weighted by molar-refractivity contribution is 0.0318. The Bertz CT molecular complexity index is 906. The number of carbonyl (C=O) groups is 2. The van der Waals surface area contributed by atoms with Crippen molar-refractivity contribution in [3.8, 4) is 11.5 Å². The molecule has 0 saturated carbocycles. The predicted molar refractivity (Wildman–Crippen MR) is 107 cm³/mol. The molecule has 3 rings (SSSR count). The molecule has 1 atom stereocenters. The van der Waals surface area contributed by atoms with E-state index in [1.807, 2.05) is 19.1 Å². The molecule has 0 spiro atoms. The molecule has 0 aromatic heterocycles. The molecule has 0 radical (unpaired) electrons. The molecule has 5 nitrogen and oxygen atoms in total. The number of Topliss-reactive ketones (excluding diaryl/α,β-unsaturated/α-hetero) is 1. The molecule has 1 aliphatic rings. The van der Waals surface area contributed by atoms with Gasteiger partial charge in [0.1, 0.15) is 0 Å². The van der Waals surface area contributed by atoms with Gasteiger partial charge in [-0.2, -0.15) is 0 Å². The lowest BCUT2D eigenvalue weighted by Gasteiger charge is -2.15. The predicted octanol–water partition coefficient (Wildman–Crippen LogP) is 4.66. The highest BCUT2D eigenvalue weighted by molar-refractivity contribution is 6.32. The normalized spacial score (nSPS) is 13.6. The molecule has 0 unspecified atom stereocenters. The minimum Gasteiger partial charge on any atom is -0.493 e. The molecule has 148 valence electrons. The van der Waals surface area contributed by atoms with Crippen molar-refractivity contribution in [1.29, 1.82) is 0 Å². The molecule has 0 N–H and O–H groups in total. The Balaban J connectivity index is 1.75. The van der Waals surface area contributed by atoms with Gasteiger partial charge < -0.3 is 14.2 Å². The summed E-state index contributed by atoms with van der Waals surface area (Å²) in [6.07, 6.45) is 2.23. The summed E-state index contributed by atoms with van der Waals surface area (Å²) in [6.45, 7) is 3.80. The zero-order chi connectivity index (χ0) is 20.3. The van der Waals surface area contributed by atoms with Gasteiger partial charge in [-0.05, 0) is 62.4 Å². The van der Waals surface area contributed by atoms with Crippen LogP contribution in [0.5, 0.6) is 11.5 Å². The number of hydrogen-bond acceptors (Lipinski definition) is 5. The van der Waals surface area contributed by atoms with Crippen molar-refractivity contribution in [3.05, 3.63) is 57.6 Å². The maximum absolute atomic E-state index is 12.7. The van der Waals surface area contributed by atoms with Gasteiger partial charge in [0.05, 0.1) is 24.3 Å². The number of halogens is 1. The van der Waals surface area contributed by atoms with E-state index in [4.69, 9.17) is 25.8 Å². The Morgan fingerprint density at radius 3 is 2.57 bits per heavy atom. The molecule has 0 heterocycles. The van der Waals surface area contributed by atoms with E-state index >= 15 is 0 Å². The lowest BCUT2D eigenvalue weighted by Crippen LogP contribution is -2.24. The third kappa shape index (κ3) is 4.14. The maximum Gasteiger partial charge on any atom is 0.339 e. The molecule has 2 aromatic rings. The van der Waals surface area contributed by atoms with Gasteiger partial charge in [0, 0.05) is 5.56 Å². The van der Waals surface area contributed by atoms with E-state index in [2.05, 4.69) is 0 Å². The van der Waals surface area contributed by atoms with Gasteiger partial charge in [0.15, 0.2) is 17.6 Å². The quantitative estimate of drug-likeness (QED) is 0.497. The van der Waals surface area contributed by atoms with Crippen LogP contribution in [-0.4, -0.2) is 31.6 Å². The van der Waals surface area contributed by atoms with Crippen LogP contribution in [0.4, 0.5) is 0 Å². The minimum absolute atomic E-state index is 0.193. The summed E-state index contributed by atoms with van der Waals surface area (Å²) in [7, 11) is 1.46. The Morgan fingerprint density at radius 2 is 1.86 bits per heavy atom. The Labute approximate surface area is 169 Å². The van der Waals surface area contributed by atoms with Crippen LogP contribution in [0.25, 0.3) is 0 Å². The fourth-order valence-electron chi connectivity index (χ4n) is 3.36. The van der Waals surface area contributed by atoms with Crippen LogP contribution < -0.4 is 9.47 Å². The van der Waals surface area contributed by atoms with Crippen LogP contribution in [0.15, 0.2) is 30.3 Å². The fourth-order valence-corrected chi connectivity index (χ4v) is 3.63. The monoisotopic (exact) mass is 402 g/mol. The lowest BCUT2D eigenvalue weighted by atomic mass is 10.0. The number of aryl methyl sites for hydroxylation is 2. The summed E-state index contributed by atoms with van der Waals surface area (Å²) in [5, 5.41) is 0.241. The van der Waals surface area contributed by atoms with Gasteiger partial charge >= 0.3 is 5.97 Å². The molecule has 1 aliphatic carbocycles. The van der Waals surface area contributed by atoms with Gasteiger partial charge in [-0.1, -0.05) is 23.7 Å². The number of esters is 1. The van der Waals surface area contributed by atoms with E-state index in [1.165, 1.54) is 30.4 Å². The van der Waals surface area contributed by atoms with Gasteiger partial charge in [0.25, 0.3) is 0 Å². The molecular weight excluding hydrogens is 380 g/mol. The SMILES string of the molecule is CCOc1c(Cl)cc(C(=O)O[C@@H](C)C(=O)c2ccc3c(c2)CCC3)cc1OC.